The summed E-state index contributed by atoms with van der Waals surface area (Å²) >= 11 is 6.88. The number of thioether (sulfide) groups is 1. The fraction of sp³-hybridized carbons (Fsp3) is 0.182. The van der Waals surface area contributed by atoms with Gasteiger partial charge in [-0.25, -0.2) is 4.98 Å². The summed E-state index contributed by atoms with van der Waals surface area (Å²) in [5.41, 5.74) is -1.11. The Hall–Kier alpha value is -2.14. The van der Waals surface area contributed by atoms with E-state index in [0.717, 1.165) is 10.7 Å². The summed E-state index contributed by atoms with van der Waals surface area (Å²) in [5, 5.41) is 17.6. The molecule has 1 N–H and O–H groups in total. The molecule has 0 spiro atoms. The average molecular weight is 362 g/mol. The zero-order valence-corrected chi connectivity index (χ0v) is 12.7. The van der Waals surface area contributed by atoms with Crippen LogP contribution in [0.2, 0.25) is 5.02 Å². The van der Waals surface area contributed by atoms with E-state index in [4.69, 9.17) is 11.6 Å². The van der Waals surface area contributed by atoms with Gasteiger partial charge in [0.15, 0.2) is 11.0 Å². The maximum Gasteiger partial charge on any atom is 0.418 e. The lowest BCUT2D eigenvalue weighted by molar-refractivity contribution is -0.137. The van der Waals surface area contributed by atoms with Crippen molar-refractivity contribution in [3.8, 4) is 5.69 Å². The van der Waals surface area contributed by atoms with Crippen molar-refractivity contribution >= 4 is 23.4 Å². The van der Waals surface area contributed by atoms with E-state index in [9.17, 15) is 13.2 Å². The second-order valence-corrected chi connectivity index (χ2v) is 5.65. The topological polar surface area (TPSA) is 85.2 Å². The number of H-pyrrole nitrogens is 1. The molecule has 23 heavy (non-hydrogen) atoms. The first kappa shape index (κ1) is 15.7. The van der Waals surface area contributed by atoms with Gasteiger partial charge in [0, 0.05) is 5.02 Å². The molecule has 1 aromatic carbocycles. The molecule has 0 bridgehead atoms. The molecule has 0 fully saturated rings. The van der Waals surface area contributed by atoms with Crippen molar-refractivity contribution < 1.29 is 13.2 Å². The smallest absolute Gasteiger partial charge is 0.254 e. The second kappa shape index (κ2) is 6.16. The molecular formula is C11H7ClF3N7S. The molecule has 0 saturated carbocycles. The maximum absolute atomic E-state index is 13.2. The third-order valence-corrected chi connectivity index (χ3v) is 3.86. The van der Waals surface area contributed by atoms with Crippen LogP contribution in [0.25, 0.3) is 5.69 Å². The molecule has 0 radical (unpaired) electrons. The van der Waals surface area contributed by atoms with Crippen molar-refractivity contribution in [2.75, 3.05) is 0 Å². The van der Waals surface area contributed by atoms with E-state index in [1.54, 1.807) is 0 Å². The monoisotopic (exact) mass is 361 g/mol. The quantitative estimate of drug-likeness (QED) is 0.719. The van der Waals surface area contributed by atoms with Gasteiger partial charge in [0.25, 0.3) is 0 Å². The molecule has 0 unspecified atom stereocenters. The van der Waals surface area contributed by atoms with Crippen molar-refractivity contribution in [3.63, 3.8) is 0 Å². The number of alkyl halides is 3. The molecule has 0 aliphatic carbocycles. The molecule has 120 valence electrons. The lowest BCUT2D eigenvalue weighted by atomic mass is 10.1. The number of benzene rings is 1. The molecule has 0 amide bonds. The van der Waals surface area contributed by atoms with Gasteiger partial charge in [-0.05, 0) is 28.6 Å². The van der Waals surface area contributed by atoms with Crippen molar-refractivity contribution in [3.05, 3.63) is 40.9 Å². The SMILES string of the molecule is FC(F)(F)c1cc(Cl)ccc1-n1nnnc1CSc1ncn[nH]1. The van der Waals surface area contributed by atoms with E-state index in [1.165, 1.54) is 30.2 Å². The Kier molecular flexibility index (Phi) is 4.22. The summed E-state index contributed by atoms with van der Waals surface area (Å²) in [6.45, 7) is 0. The highest BCUT2D eigenvalue weighted by Crippen LogP contribution is 2.35. The minimum absolute atomic E-state index is 0.0215. The zero-order chi connectivity index (χ0) is 16.4. The molecule has 3 rings (SSSR count). The maximum atomic E-state index is 13.2. The first-order valence-electron chi connectivity index (χ1n) is 6.07. The predicted octanol–water partition coefficient (Wildman–Crippen LogP) is 2.74. The molecular weight excluding hydrogens is 355 g/mol. The Balaban J connectivity index is 1.95. The lowest BCUT2D eigenvalue weighted by Crippen LogP contribution is -2.13. The number of nitrogens with one attached hydrogen (secondary N) is 1. The number of nitrogens with zero attached hydrogens (tertiary/aromatic N) is 6. The normalized spacial score (nSPS) is 11.8. The minimum atomic E-state index is -4.58. The number of hydrogen-bond acceptors (Lipinski definition) is 6. The van der Waals surface area contributed by atoms with Gasteiger partial charge >= 0.3 is 6.18 Å². The zero-order valence-electron chi connectivity index (χ0n) is 11.1. The van der Waals surface area contributed by atoms with Crippen molar-refractivity contribution in [1.29, 1.82) is 0 Å². The molecule has 0 aliphatic heterocycles. The molecule has 0 saturated heterocycles. The highest BCUT2D eigenvalue weighted by Gasteiger charge is 2.35. The first-order valence-corrected chi connectivity index (χ1v) is 7.44. The van der Waals surface area contributed by atoms with Crippen LogP contribution in [0.15, 0.2) is 29.7 Å². The standard InChI is InChI=1S/C11H7ClF3N7S/c12-6-1-2-8(7(3-6)11(13,14)15)22-9(18-20-21-22)4-23-10-16-5-17-19-10/h1-3,5H,4H2,(H,16,17,19). The number of hydrogen-bond donors (Lipinski definition) is 1. The average Bonchev–Trinajstić information content (AvgIpc) is 3.15. The Morgan fingerprint density at radius 1 is 1.30 bits per heavy atom. The van der Waals surface area contributed by atoms with Crippen LogP contribution >= 0.6 is 23.4 Å². The van der Waals surface area contributed by atoms with E-state index >= 15 is 0 Å². The van der Waals surface area contributed by atoms with Gasteiger partial charge in [0.1, 0.15) is 6.33 Å². The summed E-state index contributed by atoms with van der Waals surface area (Å²) in [6, 6.07) is 3.41. The van der Waals surface area contributed by atoms with Crippen LogP contribution in [0, 0.1) is 0 Å². The summed E-state index contributed by atoms with van der Waals surface area (Å²) in [5.74, 6) is 0.446. The Morgan fingerprint density at radius 3 is 2.83 bits per heavy atom. The highest BCUT2D eigenvalue weighted by molar-refractivity contribution is 7.98. The molecule has 0 atom stereocenters. The molecule has 12 heteroatoms. The van der Waals surface area contributed by atoms with Crippen molar-refractivity contribution in [1.82, 2.24) is 35.4 Å². The Labute approximate surface area is 136 Å². The van der Waals surface area contributed by atoms with Crippen LogP contribution < -0.4 is 0 Å². The van der Waals surface area contributed by atoms with Crippen molar-refractivity contribution in [2.24, 2.45) is 0 Å². The van der Waals surface area contributed by atoms with E-state index in [0.29, 0.717) is 5.16 Å². The number of aromatic nitrogens is 7. The van der Waals surface area contributed by atoms with E-state index in [-0.39, 0.29) is 22.3 Å². The minimum Gasteiger partial charge on any atom is -0.254 e. The first-order chi connectivity index (χ1) is 10.9. The summed E-state index contributed by atoms with van der Waals surface area (Å²) < 4.78 is 40.6. The van der Waals surface area contributed by atoms with E-state index in [2.05, 4.69) is 30.7 Å². The van der Waals surface area contributed by atoms with Crippen LogP contribution in [0.5, 0.6) is 0 Å². The van der Waals surface area contributed by atoms with Gasteiger partial charge in [0.2, 0.25) is 0 Å². The van der Waals surface area contributed by atoms with E-state index in [1.807, 2.05) is 0 Å². The van der Waals surface area contributed by atoms with Gasteiger partial charge < -0.3 is 0 Å². The number of halogens is 4. The van der Waals surface area contributed by atoms with Crippen LogP contribution in [-0.2, 0) is 11.9 Å². The van der Waals surface area contributed by atoms with Crippen LogP contribution in [0.4, 0.5) is 13.2 Å². The second-order valence-electron chi connectivity index (χ2n) is 4.25. The fourth-order valence-corrected chi connectivity index (χ4v) is 2.66. The number of aromatic amines is 1. The van der Waals surface area contributed by atoms with Gasteiger partial charge in [-0.15, -0.1) is 5.10 Å². The Morgan fingerprint density at radius 2 is 2.13 bits per heavy atom. The van der Waals surface area contributed by atoms with Gasteiger partial charge in [0.05, 0.1) is 17.0 Å². The lowest BCUT2D eigenvalue weighted by Gasteiger charge is -2.13. The third-order valence-electron chi connectivity index (χ3n) is 2.76. The summed E-state index contributed by atoms with van der Waals surface area (Å²) in [7, 11) is 0. The van der Waals surface area contributed by atoms with Crippen LogP contribution in [0.3, 0.4) is 0 Å². The predicted molar refractivity (Wildman–Crippen MR) is 75.1 cm³/mol. The van der Waals surface area contributed by atoms with E-state index < -0.39 is 11.7 Å². The van der Waals surface area contributed by atoms with Gasteiger partial charge in [-0.1, -0.05) is 23.4 Å². The third kappa shape index (κ3) is 3.45. The molecule has 2 heterocycles. The molecule has 3 aromatic rings. The van der Waals surface area contributed by atoms with Crippen molar-refractivity contribution in [2.45, 2.75) is 17.1 Å². The fourth-order valence-electron chi connectivity index (χ4n) is 1.80. The highest BCUT2D eigenvalue weighted by atomic mass is 35.5. The van der Waals surface area contributed by atoms with Gasteiger partial charge in [-0.3, -0.25) is 5.10 Å². The summed E-state index contributed by atoms with van der Waals surface area (Å²) in [4.78, 5) is 3.91. The number of tetrazole rings is 1. The number of rotatable bonds is 4. The Bertz CT molecular complexity index is 802. The van der Waals surface area contributed by atoms with Crippen LogP contribution in [0.1, 0.15) is 11.4 Å². The summed E-state index contributed by atoms with van der Waals surface area (Å²) in [6.07, 6.45) is -3.26. The largest absolute Gasteiger partial charge is 0.418 e. The van der Waals surface area contributed by atoms with Gasteiger partial charge in [-0.2, -0.15) is 23.0 Å². The molecule has 7 nitrogen and oxygen atoms in total. The van der Waals surface area contributed by atoms with Crippen LogP contribution in [-0.4, -0.2) is 35.4 Å². The molecule has 2 aromatic heterocycles. The molecule has 0 aliphatic rings.